The van der Waals surface area contributed by atoms with Crippen molar-refractivity contribution in [3.05, 3.63) is 0 Å². The van der Waals surface area contributed by atoms with E-state index in [1.54, 1.807) is 20.8 Å². The number of methoxy groups -OCH3 is 1. The Labute approximate surface area is 117 Å². The lowest BCUT2D eigenvalue weighted by atomic mass is 9.99. The van der Waals surface area contributed by atoms with Crippen LogP contribution in [0.5, 0.6) is 0 Å². The lowest BCUT2D eigenvalue weighted by molar-refractivity contribution is -0.149. The molecule has 0 aliphatic carbocycles. The van der Waals surface area contributed by atoms with Crippen LogP contribution in [0.1, 0.15) is 20.8 Å². The van der Waals surface area contributed by atoms with Crippen molar-refractivity contribution in [2.75, 3.05) is 20.3 Å². The normalized spacial score (nSPS) is 33.0. The molecule has 2 heterocycles. The summed E-state index contributed by atoms with van der Waals surface area (Å²) in [5.41, 5.74) is -0.680. The first-order valence-electron chi connectivity index (χ1n) is 6.61. The van der Waals surface area contributed by atoms with Gasteiger partial charge in [-0.05, 0) is 20.8 Å². The summed E-state index contributed by atoms with van der Waals surface area (Å²) < 4.78 is 15.3. The second-order valence-corrected chi connectivity index (χ2v) is 6.11. The second-order valence-electron chi connectivity index (χ2n) is 6.11. The molecule has 2 aliphatic rings. The maximum Gasteiger partial charge on any atom is 0.411 e. The van der Waals surface area contributed by atoms with Crippen LogP contribution < -0.4 is 0 Å². The molecule has 4 atom stereocenters. The zero-order valence-electron chi connectivity index (χ0n) is 12.2. The molecular weight excluding hydrogens is 266 g/mol. The molecule has 0 unspecified atom stereocenters. The molecule has 0 aromatic carbocycles. The molecule has 1 N–H and O–H groups in total. The molecule has 2 rings (SSSR count). The number of carbonyl (C=O) groups is 2. The molecule has 0 saturated carbocycles. The molecule has 20 heavy (non-hydrogen) atoms. The quantitative estimate of drug-likeness (QED) is 0.691. The highest BCUT2D eigenvalue weighted by Gasteiger charge is 2.57. The molecule has 114 valence electrons. The number of hydrogen-bond acceptors (Lipinski definition) is 6. The zero-order valence-corrected chi connectivity index (χ0v) is 12.2. The number of fused-ring (bicyclic) bond motifs is 1. The van der Waals surface area contributed by atoms with Crippen LogP contribution in [0.4, 0.5) is 4.79 Å². The van der Waals surface area contributed by atoms with E-state index in [-0.39, 0.29) is 18.6 Å². The minimum atomic E-state index is -1.03. The Morgan fingerprint density at radius 2 is 1.95 bits per heavy atom. The van der Waals surface area contributed by atoms with E-state index in [0.717, 1.165) is 0 Å². The van der Waals surface area contributed by atoms with Gasteiger partial charge in [-0.2, -0.15) is 0 Å². The highest BCUT2D eigenvalue weighted by molar-refractivity contribution is 5.83. The van der Waals surface area contributed by atoms with Crippen LogP contribution in [0, 0.1) is 5.92 Å². The van der Waals surface area contributed by atoms with Crippen LogP contribution in [0.3, 0.4) is 0 Å². The summed E-state index contributed by atoms with van der Waals surface area (Å²) in [4.78, 5) is 25.4. The highest BCUT2D eigenvalue weighted by Crippen LogP contribution is 2.36. The molecule has 0 bridgehead atoms. The molecule has 0 aromatic rings. The number of rotatable bonds is 1. The van der Waals surface area contributed by atoms with Gasteiger partial charge in [-0.15, -0.1) is 0 Å². The van der Waals surface area contributed by atoms with Gasteiger partial charge in [0.25, 0.3) is 0 Å². The monoisotopic (exact) mass is 287 g/mol. The van der Waals surface area contributed by atoms with Crippen LogP contribution in [-0.2, 0) is 19.0 Å². The Kier molecular flexibility index (Phi) is 3.93. The summed E-state index contributed by atoms with van der Waals surface area (Å²) in [6, 6.07) is -1.39. The van der Waals surface area contributed by atoms with Crippen molar-refractivity contribution in [1.29, 1.82) is 0 Å². The molecule has 2 aliphatic heterocycles. The molecule has 2 fully saturated rings. The maximum absolute atomic E-state index is 12.3. The number of esters is 1. The van der Waals surface area contributed by atoms with E-state index in [0.29, 0.717) is 6.61 Å². The van der Waals surface area contributed by atoms with Gasteiger partial charge in [-0.1, -0.05) is 0 Å². The number of nitrogens with zero attached hydrogens (tertiary/aromatic N) is 1. The number of hydrogen-bond donors (Lipinski definition) is 1. The SMILES string of the molecule is COC(=O)[C@@H]1[C@H](O)[C@H]2COC[C@H]2N1C(=O)OC(C)(C)C. The Hall–Kier alpha value is -1.34. The van der Waals surface area contributed by atoms with Crippen LogP contribution in [0.25, 0.3) is 0 Å². The maximum atomic E-state index is 12.3. The van der Waals surface area contributed by atoms with Crippen LogP contribution >= 0.6 is 0 Å². The van der Waals surface area contributed by atoms with E-state index in [1.165, 1.54) is 12.0 Å². The van der Waals surface area contributed by atoms with Crippen LogP contribution in [0.15, 0.2) is 0 Å². The van der Waals surface area contributed by atoms with E-state index >= 15 is 0 Å². The van der Waals surface area contributed by atoms with Gasteiger partial charge in [0.2, 0.25) is 0 Å². The summed E-state index contributed by atoms with van der Waals surface area (Å²) in [5, 5.41) is 10.2. The van der Waals surface area contributed by atoms with Gasteiger partial charge < -0.3 is 19.3 Å². The summed E-state index contributed by atoms with van der Waals surface area (Å²) >= 11 is 0. The number of likely N-dealkylation sites (tertiary alicyclic amines) is 1. The van der Waals surface area contributed by atoms with Crippen molar-refractivity contribution in [2.45, 2.75) is 44.6 Å². The van der Waals surface area contributed by atoms with E-state index in [2.05, 4.69) is 0 Å². The third-order valence-corrected chi connectivity index (χ3v) is 3.56. The lowest BCUT2D eigenvalue weighted by Crippen LogP contribution is -2.50. The minimum absolute atomic E-state index is 0.286. The third kappa shape index (κ3) is 2.60. The summed E-state index contributed by atoms with van der Waals surface area (Å²) in [6.45, 7) is 5.83. The Morgan fingerprint density at radius 3 is 2.50 bits per heavy atom. The van der Waals surface area contributed by atoms with Crippen molar-refractivity contribution in [3.8, 4) is 0 Å². The predicted molar refractivity (Wildman–Crippen MR) is 68.0 cm³/mol. The number of aliphatic hydroxyl groups excluding tert-OH is 1. The van der Waals surface area contributed by atoms with Crippen molar-refractivity contribution in [3.63, 3.8) is 0 Å². The van der Waals surface area contributed by atoms with Gasteiger partial charge in [0.1, 0.15) is 5.60 Å². The number of ether oxygens (including phenoxy) is 3. The smallest absolute Gasteiger partial charge is 0.411 e. The predicted octanol–water partition coefficient (Wildman–Crippen LogP) is 0.155. The molecule has 7 heteroatoms. The Bertz CT molecular complexity index is 404. The van der Waals surface area contributed by atoms with Gasteiger partial charge >= 0.3 is 12.1 Å². The average molecular weight is 287 g/mol. The fraction of sp³-hybridized carbons (Fsp3) is 0.846. The molecule has 1 amide bonds. The zero-order chi connectivity index (χ0) is 15.1. The standard InChI is InChI=1S/C13H21NO6/c1-13(2,3)20-12(17)14-8-6-19-5-7(8)10(15)9(14)11(16)18-4/h7-10,15H,5-6H2,1-4H3/t7-,8+,9-,10+/m0/s1. The molecule has 2 saturated heterocycles. The Balaban J connectivity index is 2.25. The van der Waals surface area contributed by atoms with Gasteiger partial charge in [0.05, 0.1) is 32.5 Å². The summed E-state index contributed by atoms with van der Waals surface area (Å²) in [7, 11) is 1.23. The summed E-state index contributed by atoms with van der Waals surface area (Å²) in [6.07, 6.45) is -1.63. The number of carbonyl (C=O) groups excluding carboxylic acids is 2. The van der Waals surface area contributed by atoms with Gasteiger partial charge in [-0.3, -0.25) is 4.90 Å². The Morgan fingerprint density at radius 1 is 1.30 bits per heavy atom. The highest BCUT2D eigenvalue weighted by atomic mass is 16.6. The van der Waals surface area contributed by atoms with Crippen LogP contribution in [0.2, 0.25) is 0 Å². The van der Waals surface area contributed by atoms with E-state index in [1.807, 2.05) is 0 Å². The van der Waals surface area contributed by atoms with Crippen molar-refractivity contribution in [1.82, 2.24) is 4.90 Å². The first-order chi connectivity index (χ1) is 9.26. The molecule has 0 spiro atoms. The summed E-state index contributed by atoms with van der Waals surface area (Å²) in [5.74, 6) is -0.927. The second kappa shape index (κ2) is 5.21. The minimum Gasteiger partial charge on any atom is -0.467 e. The van der Waals surface area contributed by atoms with Crippen LogP contribution in [-0.4, -0.2) is 66.2 Å². The first-order valence-corrected chi connectivity index (χ1v) is 6.61. The van der Waals surface area contributed by atoms with Gasteiger partial charge in [0, 0.05) is 5.92 Å². The van der Waals surface area contributed by atoms with Crippen molar-refractivity contribution < 1.29 is 28.9 Å². The topological polar surface area (TPSA) is 85.3 Å². The van der Waals surface area contributed by atoms with Crippen molar-refractivity contribution >= 4 is 12.1 Å². The van der Waals surface area contributed by atoms with Gasteiger partial charge in [-0.25, -0.2) is 9.59 Å². The fourth-order valence-electron chi connectivity index (χ4n) is 2.71. The average Bonchev–Trinajstić information content (AvgIpc) is 2.88. The number of amides is 1. The molecule has 0 radical (unpaired) electrons. The lowest BCUT2D eigenvalue weighted by Gasteiger charge is -2.30. The van der Waals surface area contributed by atoms with E-state index in [4.69, 9.17) is 14.2 Å². The largest absolute Gasteiger partial charge is 0.467 e. The third-order valence-electron chi connectivity index (χ3n) is 3.56. The van der Waals surface area contributed by atoms with E-state index < -0.39 is 29.8 Å². The van der Waals surface area contributed by atoms with Gasteiger partial charge in [0.15, 0.2) is 6.04 Å². The number of aliphatic hydroxyl groups is 1. The molecule has 0 aromatic heterocycles. The first kappa shape index (κ1) is 15.1. The van der Waals surface area contributed by atoms with Crippen molar-refractivity contribution in [2.24, 2.45) is 5.92 Å². The molecule has 7 nitrogen and oxygen atoms in total. The fourth-order valence-corrected chi connectivity index (χ4v) is 2.71. The molecular formula is C13H21NO6. The van der Waals surface area contributed by atoms with E-state index in [9.17, 15) is 14.7 Å².